The highest BCUT2D eigenvalue weighted by atomic mass is 16.3. The molecule has 0 saturated carbocycles. The summed E-state index contributed by atoms with van der Waals surface area (Å²) in [5.74, 6) is 2.44. The number of hydrogen-bond acceptors (Lipinski definition) is 5. The second kappa shape index (κ2) is 9.89. The highest BCUT2D eigenvalue weighted by Gasteiger charge is 2.17. The number of furan rings is 1. The monoisotopic (exact) mass is 414 g/mol. The van der Waals surface area contributed by atoms with Gasteiger partial charge in [-0.2, -0.15) is 0 Å². The number of carbonyl (C=O) groups excluding carboxylic acids is 1. The second-order valence-corrected chi connectivity index (χ2v) is 7.35. The van der Waals surface area contributed by atoms with E-state index >= 15 is 0 Å². The number of benzene rings is 2. The van der Waals surface area contributed by atoms with Crippen LogP contribution < -0.4 is 10.2 Å². The van der Waals surface area contributed by atoms with Gasteiger partial charge in [-0.1, -0.05) is 49.4 Å². The summed E-state index contributed by atoms with van der Waals surface area (Å²) in [6, 6.07) is 21.7. The summed E-state index contributed by atoms with van der Waals surface area (Å²) in [6.07, 6.45) is 2.76. The summed E-state index contributed by atoms with van der Waals surface area (Å²) in [6.45, 7) is 3.62. The van der Waals surface area contributed by atoms with E-state index in [-0.39, 0.29) is 5.91 Å². The van der Waals surface area contributed by atoms with E-state index in [0.29, 0.717) is 26.1 Å². The first kappa shape index (κ1) is 20.6. The van der Waals surface area contributed by atoms with E-state index in [1.807, 2.05) is 73.7 Å². The van der Waals surface area contributed by atoms with Gasteiger partial charge in [0.1, 0.15) is 17.4 Å². The molecule has 0 unspecified atom stereocenters. The molecule has 2 aromatic carbocycles. The molecule has 0 radical (unpaired) electrons. The minimum atomic E-state index is 0.00220. The SMILES string of the molecule is CCc1nc(N(CCC(=O)NCc2ccccc2)Cc2ccco2)c2ccccc2n1. The minimum absolute atomic E-state index is 0.00220. The molecular formula is C25H26N4O2. The maximum Gasteiger partial charge on any atom is 0.222 e. The van der Waals surface area contributed by atoms with Crippen LogP contribution in [0.15, 0.2) is 77.4 Å². The first-order valence-electron chi connectivity index (χ1n) is 10.6. The number of aryl methyl sites for hydroxylation is 1. The third kappa shape index (κ3) is 5.28. The molecule has 4 aromatic rings. The van der Waals surface area contributed by atoms with Gasteiger partial charge in [0.15, 0.2) is 0 Å². The molecule has 31 heavy (non-hydrogen) atoms. The average Bonchev–Trinajstić information content (AvgIpc) is 3.33. The molecule has 6 heteroatoms. The Bertz CT molecular complexity index is 1130. The van der Waals surface area contributed by atoms with Crippen LogP contribution in [0.1, 0.15) is 30.5 Å². The largest absolute Gasteiger partial charge is 0.467 e. The fourth-order valence-electron chi connectivity index (χ4n) is 3.48. The summed E-state index contributed by atoms with van der Waals surface area (Å²) in [7, 11) is 0. The van der Waals surface area contributed by atoms with Crippen molar-refractivity contribution in [3.63, 3.8) is 0 Å². The van der Waals surface area contributed by atoms with Crippen LogP contribution >= 0.6 is 0 Å². The first-order chi connectivity index (χ1) is 15.2. The average molecular weight is 415 g/mol. The smallest absolute Gasteiger partial charge is 0.222 e. The maximum absolute atomic E-state index is 12.5. The van der Waals surface area contributed by atoms with E-state index in [9.17, 15) is 4.79 Å². The minimum Gasteiger partial charge on any atom is -0.467 e. The zero-order valence-corrected chi connectivity index (χ0v) is 17.6. The number of carbonyl (C=O) groups is 1. The van der Waals surface area contributed by atoms with Crippen molar-refractivity contribution in [2.45, 2.75) is 32.9 Å². The molecule has 0 fully saturated rings. The Morgan fingerprint density at radius 2 is 1.81 bits per heavy atom. The quantitative estimate of drug-likeness (QED) is 0.437. The number of para-hydroxylation sites is 1. The van der Waals surface area contributed by atoms with Crippen LogP contribution in [0.5, 0.6) is 0 Å². The Hall–Kier alpha value is -3.67. The number of hydrogen-bond donors (Lipinski definition) is 1. The van der Waals surface area contributed by atoms with Crippen LogP contribution in [-0.4, -0.2) is 22.4 Å². The zero-order chi connectivity index (χ0) is 21.5. The molecule has 0 saturated heterocycles. The lowest BCUT2D eigenvalue weighted by atomic mass is 10.2. The van der Waals surface area contributed by atoms with Crippen molar-refractivity contribution >= 4 is 22.6 Å². The molecule has 0 aliphatic rings. The van der Waals surface area contributed by atoms with Gasteiger partial charge in [-0.15, -0.1) is 0 Å². The van der Waals surface area contributed by atoms with Crippen molar-refractivity contribution < 1.29 is 9.21 Å². The number of amides is 1. The molecule has 0 atom stereocenters. The third-order valence-corrected chi connectivity index (χ3v) is 5.11. The standard InChI is InChI=1S/C25H26N4O2/c1-2-23-27-22-13-7-6-12-21(22)25(28-23)29(18-20-11-8-16-31-20)15-14-24(30)26-17-19-9-4-3-5-10-19/h3-13,16H,2,14-15,17-18H2,1H3,(H,26,30). The molecule has 158 valence electrons. The molecule has 2 heterocycles. The molecule has 6 nitrogen and oxygen atoms in total. The van der Waals surface area contributed by atoms with Crippen molar-refractivity contribution in [3.05, 3.63) is 90.1 Å². The van der Waals surface area contributed by atoms with Gasteiger partial charge in [-0.3, -0.25) is 4.79 Å². The Kier molecular flexibility index (Phi) is 6.57. The maximum atomic E-state index is 12.5. The summed E-state index contributed by atoms with van der Waals surface area (Å²) >= 11 is 0. The van der Waals surface area contributed by atoms with Gasteiger partial charge in [0.2, 0.25) is 5.91 Å². The summed E-state index contributed by atoms with van der Waals surface area (Å²) < 4.78 is 5.58. The van der Waals surface area contributed by atoms with Crippen LogP contribution in [-0.2, 0) is 24.3 Å². The molecule has 2 aromatic heterocycles. The molecule has 0 spiro atoms. The topological polar surface area (TPSA) is 71.3 Å². The van der Waals surface area contributed by atoms with Crippen molar-refractivity contribution in [3.8, 4) is 0 Å². The molecular weight excluding hydrogens is 388 g/mol. The van der Waals surface area contributed by atoms with Crippen LogP contribution in [0, 0.1) is 0 Å². The van der Waals surface area contributed by atoms with Crippen molar-refractivity contribution in [2.24, 2.45) is 0 Å². The number of aromatic nitrogens is 2. The fourth-order valence-corrected chi connectivity index (χ4v) is 3.48. The van der Waals surface area contributed by atoms with Gasteiger partial charge in [0.05, 0.1) is 18.3 Å². The number of rotatable bonds is 9. The lowest BCUT2D eigenvalue weighted by molar-refractivity contribution is -0.121. The number of fused-ring (bicyclic) bond motifs is 1. The number of nitrogens with one attached hydrogen (secondary N) is 1. The molecule has 1 amide bonds. The molecule has 0 aliphatic carbocycles. The number of nitrogens with zero attached hydrogens (tertiary/aromatic N) is 3. The first-order valence-corrected chi connectivity index (χ1v) is 10.6. The fraction of sp³-hybridized carbons (Fsp3) is 0.240. The van der Waals surface area contributed by atoms with Crippen molar-refractivity contribution in [2.75, 3.05) is 11.4 Å². The van der Waals surface area contributed by atoms with E-state index in [2.05, 4.69) is 15.2 Å². The molecule has 4 rings (SSSR count). The van der Waals surface area contributed by atoms with Gasteiger partial charge in [-0.05, 0) is 29.8 Å². The highest BCUT2D eigenvalue weighted by Crippen LogP contribution is 2.26. The normalized spacial score (nSPS) is 10.9. The van der Waals surface area contributed by atoms with Crippen LogP contribution in [0.25, 0.3) is 10.9 Å². The summed E-state index contributed by atoms with van der Waals surface area (Å²) in [4.78, 5) is 24.1. The Labute approximate surface area is 181 Å². The second-order valence-electron chi connectivity index (χ2n) is 7.35. The summed E-state index contributed by atoms with van der Waals surface area (Å²) in [5, 5.41) is 3.97. The van der Waals surface area contributed by atoms with Crippen LogP contribution in [0.4, 0.5) is 5.82 Å². The third-order valence-electron chi connectivity index (χ3n) is 5.11. The molecule has 1 N–H and O–H groups in total. The Morgan fingerprint density at radius 1 is 1.00 bits per heavy atom. The van der Waals surface area contributed by atoms with Gasteiger partial charge in [0.25, 0.3) is 0 Å². The van der Waals surface area contributed by atoms with E-state index in [4.69, 9.17) is 9.40 Å². The van der Waals surface area contributed by atoms with E-state index in [1.165, 1.54) is 0 Å². The van der Waals surface area contributed by atoms with Gasteiger partial charge in [0, 0.05) is 31.3 Å². The predicted octanol–water partition coefficient (Wildman–Crippen LogP) is 4.50. The highest BCUT2D eigenvalue weighted by molar-refractivity contribution is 5.89. The Balaban J connectivity index is 1.54. The Morgan fingerprint density at radius 3 is 2.58 bits per heavy atom. The van der Waals surface area contributed by atoms with Gasteiger partial charge in [-0.25, -0.2) is 9.97 Å². The predicted molar refractivity (Wildman–Crippen MR) is 122 cm³/mol. The lowest BCUT2D eigenvalue weighted by Crippen LogP contribution is -2.31. The van der Waals surface area contributed by atoms with Gasteiger partial charge >= 0.3 is 0 Å². The van der Waals surface area contributed by atoms with E-state index in [1.54, 1.807) is 6.26 Å². The van der Waals surface area contributed by atoms with E-state index < -0.39 is 0 Å². The zero-order valence-electron chi connectivity index (χ0n) is 17.6. The van der Waals surface area contributed by atoms with Crippen LogP contribution in [0.2, 0.25) is 0 Å². The lowest BCUT2D eigenvalue weighted by Gasteiger charge is -2.24. The van der Waals surface area contributed by atoms with Crippen molar-refractivity contribution in [1.29, 1.82) is 0 Å². The summed E-state index contributed by atoms with van der Waals surface area (Å²) in [5.41, 5.74) is 1.99. The van der Waals surface area contributed by atoms with Gasteiger partial charge < -0.3 is 14.6 Å². The van der Waals surface area contributed by atoms with Crippen molar-refractivity contribution in [1.82, 2.24) is 15.3 Å². The number of anilines is 1. The molecule has 0 bridgehead atoms. The van der Waals surface area contributed by atoms with Crippen LogP contribution in [0.3, 0.4) is 0 Å². The molecule has 0 aliphatic heterocycles. The van der Waals surface area contributed by atoms with E-state index in [0.717, 1.165) is 40.3 Å².